The first-order valence-corrected chi connectivity index (χ1v) is 6.91. The molecule has 0 aromatic heterocycles. The van der Waals surface area contributed by atoms with Gasteiger partial charge in [0.1, 0.15) is 10.1 Å². The maximum atomic E-state index is 11.0. The first kappa shape index (κ1) is 15.7. The first-order chi connectivity index (χ1) is 8.02. The van der Waals surface area contributed by atoms with E-state index in [0.29, 0.717) is 0 Å². The van der Waals surface area contributed by atoms with Crippen LogP contribution in [-0.4, -0.2) is 13.0 Å². The van der Waals surface area contributed by atoms with Gasteiger partial charge in [-0.25, -0.2) is 8.42 Å². The van der Waals surface area contributed by atoms with Crippen LogP contribution in [0.3, 0.4) is 0 Å². The van der Waals surface area contributed by atoms with Crippen molar-refractivity contribution in [3.63, 3.8) is 0 Å². The van der Waals surface area contributed by atoms with Crippen molar-refractivity contribution >= 4 is 20.9 Å². The number of fused-ring (bicyclic) bond motifs is 1. The molecule has 0 saturated carbocycles. The molecule has 90 valence electrons. The fourth-order valence-electron chi connectivity index (χ4n) is 1.96. The standard InChI is InChI=1S/C13H14O3S.Na/c1-2-4-10-5-3-6-11-7-8-12(9-13(10)11)17(14,15)16;/h3,5-9H,2,4H2,1H3,(H,14,15,16);/q;+1/p-1. The molecule has 0 saturated heterocycles. The molecule has 2 rings (SSSR count). The Kier molecular flexibility index (Phi) is 5.37. The minimum atomic E-state index is -4.38. The van der Waals surface area contributed by atoms with Crippen LogP contribution < -0.4 is 29.6 Å². The van der Waals surface area contributed by atoms with Crippen LogP contribution in [0.5, 0.6) is 0 Å². The Hall–Kier alpha value is -0.390. The van der Waals surface area contributed by atoms with Crippen molar-refractivity contribution in [2.24, 2.45) is 0 Å². The summed E-state index contributed by atoms with van der Waals surface area (Å²) in [7, 11) is -4.38. The second kappa shape index (κ2) is 6.17. The van der Waals surface area contributed by atoms with Crippen LogP contribution in [0.15, 0.2) is 41.3 Å². The summed E-state index contributed by atoms with van der Waals surface area (Å²) < 4.78 is 33.0. The summed E-state index contributed by atoms with van der Waals surface area (Å²) in [6.07, 6.45) is 1.85. The third-order valence-corrected chi connectivity index (χ3v) is 3.58. The van der Waals surface area contributed by atoms with Crippen molar-refractivity contribution in [3.8, 4) is 0 Å². The maximum Gasteiger partial charge on any atom is 1.00 e. The molecule has 0 heterocycles. The van der Waals surface area contributed by atoms with E-state index >= 15 is 0 Å². The molecule has 0 unspecified atom stereocenters. The largest absolute Gasteiger partial charge is 1.00 e. The van der Waals surface area contributed by atoms with Gasteiger partial charge in [-0.1, -0.05) is 37.6 Å². The third-order valence-electron chi connectivity index (χ3n) is 2.75. The van der Waals surface area contributed by atoms with Crippen LogP contribution in [0, 0.1) is 0 Å². The van der Waals surface area contributed by atoms with Gasteiger partial charge in [0.15, 0.2) is 0 Å². The molecule has 0 aliphatic carbocycles. The van der Waals surface area contributed by atoms with E-state index in [1.807, 2.05) is 18.2 Å². The summed E-state index contributed by atoms with van der Waals surface area (Å²) in [5.74, 6) is 0. The summed E-state index contributed by atoms with van der Waals surface area (Å²) >= 11 is 0. The van der Waals surface area contributed by atoms with E-state index in [4.69, 9.17) is 0 Å². The smallest absolute Gasteiger partial charge is 0.744 e. The molecule has 0 spiro atoms. The zero-order chi connectivity index (χ0) is 12.5. The van der Waals surface area contributed by atoms with Gasteiger partial charge >= 0.3 is 29.6 Å². The van der Waals surface area contributed by atoms with Gasteiger partial charge in [-0.2, -0.15) is 0 Å². The first-order valence-electron chi connectivity index (χ1n) is 5.50. The predicted octanol–water partition coefficient (Wildman–Crippen LogP) is -0.300. The summed E-state index contributed by atoms with van der Waals surface area (Å²) in [6.45, 7) is 2.06. The van der Waals surface area contributed by atoms with Crippen molar-refractivity contribution < 1.29 is 42.5 Å². The van der Waals surface area contributed by atoms with Gasteiger partial charge in [0, 0.05) is 0 Å². The molecule has 18 heavy (non-hydrogen) atoms. The van der Waals surface area contributed by atoms with E-state index in [9.17, 15) is 13.0 Å². The molecule has 2 aromatic rings. The second-order valence-corrected chi connectivity index (χ2v) is 5.38. The van der Waals surface area contributed by atoms with E-state index in [-0.39, 0.29) is 34.5 Å². The van der Waals surface area contributed by atoms with Gasteiger partial charge in [0.25, 0.3) is 0 Å². The fourth-order valence-corrected chi connectivity index (χ4v) is 2.46. The molecule has 0 atom stereocenters. The van der Waals surface area contributed by atoms with Gasteiger partial charge < -0.3 is 4.55 Å². The second-order valence-electron chi connectivity index (χ2n) is 4.00. The van der Waals surface area contributed by atoms with Crippen LogP contribution in [0.25, 0.3) is 10.8 Å². The maximum absolute atomic E-state index is 11.0. The van der Waals surface area contributed by atoms with Crippen molar-refractivity contribution in [2.75, 3.05) is 0 Å². The van der Waals surface area contributed by atoms with Gasteiger partial charge in [0.2, 0.25) is 0 Å². The van der Waals surface area contributed by atoms with Gasteiger partial charge in [-0.05, 0) is 34.9 Å². The molecule has 0 amide bonds. The van der Waals surface area contributed by atoms with Gasteiger partial charge in [-0.3, -0.25) is 0 Å². The van der Waals surface area contributed by atoms with Crippen LogP contribution >= 0.6 is 0 Å². The van der Waals surface area contributed by atoms with Crippen LogP contribution in [0.1, 0.15) is 18.9 Å². The molecule has 0 aliphatic heterocycles. The average Bonchev–Trinajstić information content (AvgIpc) is 2.28. The van der Waals surface area contributed by atoms with E-state index < -0.39 is 10.1 Å². The summed E-state index contributed by atoms with van der Waals surface area (Å²) in [5.41, 5.74) is 1.08. The third kappa shape index (κ3) is 3.33. The Morgan fingerprint density at radius 3 is 2.50 bits per heavy atom. The predicted molar refractivity (Wildman–Crippen MR) is 65.9 cm³/mol. The minimum absolute atomic E-state index is 0. The van der Waals surface area contributed by atoms with E-state index in [1.54, 1.807) is 6.07 Å². The molecule has 5 heteroatoms. The Morgan fingerprint density at radius 1 is 1.17 bits per heavy atom. The SMILES string of the molecule is CCCc1cccc2ccc(S(=O)(=O)[O-])cc12.[Na+]. The molecule has 0 fully saturated rings. The molecule has 0 bridgehead atoms. The summed E-state index contributed by atoms with van der Waals surface area (Å²) in [4.78, 5) is -0.159. The number of aryl methyl sites for hydroxylation is 1. The van der Waals surface area contributed by atoms with Crippen molar-refractivity contribution in [3.05, 3.63) is 42.0 Å². The normalized spacial score (nSPS) is 11.2. The zero-order valence-electron chi connectivity index (χ0n) is 10.5. The topological polar surface area (TPSA) is 57.2 Å². The van der Waals surface area contributed by atoms with Crippen molar-refractivity contribution in [1.82, 2.24) is 0 Å². The number of hydrogen-bond donors (Lipinski definition) is 0. The molecule has 0 N–H and O–H groups in total. The average molecular weight is 272 g/mol. The van der Waals surface area contributed by atoms with E-state index in [2.05, 4.69) is 6.92 Å². The monoisotopic (exact) mass is 272 g/mol. The zero-order valence-corrected chi connectivity index (χ0v) is 13.3. The van der Waals surface area contributed by atoms with Crippen LogP contribution in [0.4, 0.5) is 0 Å². The van der Waals surface area contributed by atoms with Gasteiger partial charge in [-0.15, -0.1) is 0 Å². The Balaban J connectivity index is 0.00000162. The molecule has 0 aliphatic rings. The molecular formula is C13H13NaO3S. The van der Waals surface area contributed by atoms with Gasteiger partial charge in [0.05, 0.1) is 4.90 Å². The van der Waals surface area contributed by atoms with E-state index in [1.165, 1.54) is 12.1 Å². The number of benzene rings is 2. The Labute approximate surface area is 129 Å². The Morgan fingerprint density at radius 2 is 1.89 bits per heavy atom. The van der Waals surface area contributed by atoms with Crippen molar-refractivity contribution in [1.29, 1.82) is 0 Å². The van der Waals surface area contributed by atoms with Crippen molar-refractivity contribution in [2.45, 2.75) is 24.7 Å². The summed E-state index contributed by atoms with van der Waals surface area (Å²) in [5, 5.41) is 1.81. The van der Waals surface area contributed by atoms with Crippen LogP contribution in [-0.2, 0) is 16.5 Å². The number of hydrogen-bond acceptors (Lipinski definition) is 3. The molecule has 0 radical (unpaired) electrons. The number of rotatable bonds is 3. The molecular weight excluding hydrogens is 259 g/mol. The van der Waals surface area contributed by atoms with Crippen LogP contribution in [0.2, 0.25) is 0 Å². The van der Waals surface area contributed by atoms with E-state index in [0.717, 1.165) is 29.2 Å². The quantitative estimate of drug-likeness (QED) is 0.569. The Bertz CT molecular complexity index is 650. The molecule has 2 aromatic carbocycles. The fraction of sp³-hybridized carbons (Fsp3) is 0.231. The summed E-state index contributed by atoms with van der Waals surface area (Å²) in [6, 6.07) is 10.3. The minimum Gasteiger partial charge on any atom is -0.744 e. The molecule has 3 nitrogen and oxygen atoms in total.